The highest BCUT2D eigenvalue weighted by Gasteiger charge is 2.37. The average molecular weight is 355 g/mol. The Morgan fingerprint density at radius 3 is 2.81 bits per heavy atom. The molecule has 1 aromatic heterocycles. The summed E-state index contributed by atoms with van der Waals surface area (Å²) in [5, 5.41) is 17.9. The fourth-order valence-corrected chi connectivity index (χ4v) is 3.83. The lowest BCUT2D eigenvalue weighted by atomic mass is 9.79. The molecule has 0 aliphatic carbocycles. The van der Waals surface area contributed by atoms with Crippen molar-refractivity contribution in [2.75, 3.05) is 11.4 Å². The molecule has 1 atom stereocenters. The van der Waals surface area contributed by atoms with Crippen molar-refractivity contribution in [2.45, 2.75) is 52.0 Å². The fraction of sp³-hybridized carbons (Fsp3) is 0.474. The molecule has 3 rings (SSSR count). The summed E-state index contributed by atoms with van der Waals surface area (Å²) in [5.74, 6) is -0.344. The van der Waals surface area contributed by atoms with Crippen LogP contribution in [0.25, 0.3) is 0 Å². The van der Waals surface area contributed by atoms with Gasteiger partial charge < -0.3 is 15.0 Å². The van der Waals surface area contributed by atoms with E-state index in [0.29, 0.717) is 17.6 Å². The number of aromatic nitrogens is 2. The van der Waals surface area contributed by atoms with E-state index >= 15 is 0 Å². The maximum atomic E-state index is 11.8. The van der Waals surface area contributed by atoms with Crippen LogP contribution >= 0.6 is 0 Å². The normalized spacial score (nSPS) is 18.9. The Balaban J connectivity index is 2.12. The van der Waals surface area contributed by atoms with E-state index in [1.54, 1.807) is 18.5 Å². The highest BCUT2D eigenvalue weighted by molar-refractivity contribution is 5.95. The minimum atomic E-state index is -1.01. The summed E-state index contributed by atoms with van der Waals surface area (Å²) in [6.07, 6.45) is 5.22. The third kappa shape index (κ3) is 3.34. The summed E-state index contributed by atoms with van der Waals surface area (Å²) in [6.45, 7) is 9.63. The van der Waals surface area contributed by atoms with Gasteiger partial charge in [-0.25, -0.2) is 9.78 Å². The van der Waals surface area contributed by atoms with Gasteiger partial charge in [0, 0.05) is 30.2 Å². The van der Waals surface area contributed by atoms with Gasteiger partial charge in [0.2, 0.25) is 5.95 Å². The first-order valence-corrected chi connectivity index (χ1v) is 8.93. The van der Waals surface area contributed by atoms with Crippen LogP contribution in [0.4, 0.5) is 17.3 Å². The number of fused-ring (bicyclic) bond motifs is 1. The molecule has 7 heteroatoms. The van der Waals surface area contributed by atoms with Gasteiger partial charge in [0.1, 0.15) is 5.69 Å². The molecule has 138 valence electrons. The Morgan fingerprint density at radius 1 is 1.42 bits per heavy atom. The summed E-state index contributed by atoms with van der Waals surface area (Å²) in [5.41, 5.74) is 2.61. The third-order valence-electron chi connectivity index (χ3n) is 4.92. The van der Waals surface area contributed by atoms with Crippen molar-refractivity contribution in [3.8, 4) is 0 Å². The number of carboxylic acids is 1. The van der Waals surface area contributed by atoms with Gasteiger partial charge in [0.05, 0.1) is 5.56 Å². The number of azo groups is 1. The molecule has 0 saturated heterocycles. The van der Waals surface area contributed by atoms with Gasteiger partial charge >= 0.3 is 5.97 Å². The average Bonchev–Trinajstić information content (AvgIpc) is 3.09. The van der Waals surface area contributed by atoms with E-state index < -0.39 is 5.97 Å². The minimum Gasteiger partial charge on any atom is -0.478 e. The van der Waals surface area contributed by atoms with Crippen LogP contribution in [-0.2, 0) is 0 Å². The van der Waals surface area contributed by atoms with Crippen molar-refractivity contribution in [1.82, 2.24) is 9.97 Å². The second-order valence-corrected chi connectivity index (χ2v) is 7.42. The van der Waals surface area contributed by atoms with Crippen LogP contribution in [0.2, 0.25) is 0 Å². The minimum absolute atomic E-state index is 0.0184. The predicted octanol–water partition coefficient (Wildman–Crippen LogP) is 5.03. The number of carbonyl (C=O) groups is 1. The van der Waals surface area contributed by atoms with Gasteiger partial charge in [-0.1, -0.05) is 13.8 Å². The summed E-state index contributed by atoms with van der Waals surface area (Å²) < 4.78 is 0. The van der Waals surface area contributed by atoms with E-state index in [2.05, 4.69) is 52.8 Å². The maximum absolute atomic E-state index is 11.8. The molecule has 0 bridgehead atoms. The number of aromatic carboxylic acids is 1. The van der Waals surface area contributed by atoms with Crippen LogP contribution in [0.5, 0.6) is 0 Å². The first-order chi connectivity index (χ1) is 12.3. The van der Waals surface area contributed by atoms with Crippen molar-refractivity contribution in [3.63, 3.8) is 0 Å². The molecular weight excluding hydrogens is 330 g/mol. The van der Waals surface area contributed by atoms with Crippen LogP contribution in [0.1, 0.15) is 62.4 Å². The number of nitrogens with one attached hydrogen (secondary N) is 1. The zero-order chi connectivity index (χ0) is 18.9. The number of nitrogens with zero attached hydrogens (tertiary/aromatic N) is 4. The number of hydrogen-bond donors (Lipinski definition) is 2. The summed E-state index contributed by atoms with van der Waals surface area (Å²) >= 11 is 0. The summed E-state index contributed by atoms with van der Waals surface area (Å²) in [7, 11) is 0. The van der Waals surface area contributed by atoms with Gasteiger partial charge in [-0.3, -0.25) is 0 Å². The molecule has 1 aromatic carbocycles. The van der Waals surface area contributed by atoms with Crippen LogP contribution in [0.3, 0.4) is 0 Å². The first kappa shape index (κ1) is 18.1. The Kier molecular flexibility index (Phi) is 4.80. The number of hydrogen-bond acceptors (Lipinski definition) is 5. The first-order valence-electron chi connectivity index (χ1n) is 8.93. The van der Waals surface area contributed by atoms with Gasteiger partial charge in [-0.15, -0.1) is 10.2 Å². The lowest BCUT2D eigenvalue weighted by Crippen LogP contribution is -2.48. The lowest BCUT2D eigenvalue weighted by Gasteiger charge is -2.47. The monoisotopic (exact) mass is 355 g/mol. The molecule has 26 heavy (non-hydrogen) atoms. The zero-order valence-corrected chi connectivity index (χ0v) is 15.7. The molecule has 1 aliphatic rings. The molecule has 0 fully saturated rings. The van der Waals surface area contributed by atoms with E-state index in [4.69, 9.17) is 0 Å². The van der Waals surface area contributed by atoms with Crippen molar-refractivity contribution < 1.29 is 9.90 Å². The van der Waals surface area contributed by atoms with Crippen LogP contribution in [0.15, 0.2) is 34.8 Å². The van der Waals surface area contributed by atoms with Crippen molar-refractivity contribution >= 4 is 23.3 Å². The molecule has 0 amide bonds. The second kappa shape index (κ2) is 6.90. The molecule has 1 aliphatic heterocycles. The van der Waals surface area contributed by atoms with E-state index in [0.717, 1.165) is 30.6 Å². The largest absolute Gasteiger partial charge is 0.478 e. The Bertz CT molecular complexity index is 827. The highest BCUT2D eigenvalue weighted by Crippen LogP contribution is 2.45. The number of aromatic amines is 1. The number of H-pyrrole nitrogens is 1. The molecule has 7 nitrogen and oxygen atoms in total. The number of rotatable bonds is 5. The molecule has 2 N–H and O–H groups in total. The molecule has 0 saturated carbocycles. The van der Waals surface area contributed by atoms with Crippen LogP contribution in [-0.4, -0.2) is 33.1 Å². The van der Waals surface area contributed by atoms with Crippen molar-refractivity contribution in [1.29, 1.82) is 0 Å². The predicted molar refractivity (Wildman–Crippen MR) is 101 cm³/mol. The quantitative estimate of drug-likeness (QED) is 0.736. The topological polar surface area (TPSA) is 93.9 Å². The fourth-order valence-electron chi connectivity index (χ4n) is 3.83. The summed E-state index contributed by atoms with van der Waals surface area (Å²) in [4.78, 5) is 21.0. The number of carboxylic acid groups (broad SMARTS) is 1. The Hall–Kier alpha value is -2.70. The van der Waals surface area contributed by atoms with Crippen LogP contribution in [0, 0.1) is 0 Å². The van der Waals surface area contributed by atoms with Gasteiger partial charge in [-0.05, 0) is 50.3 Å². The van der Waals surface area contributed by atoms with Crippen LogP contribution < -0.4 is 4.90 Å². The standard InChI is InChI=1S/C19H25N5O2/c1-5-8-24-16-10-14(17(25)26)15(22-23-18-20-6-7-21-18)9-13(16)12(2)11-19(24,3)4/h6-7,9-10,12H,5,8,11H2,1-4H3,(H,20,21)(H,25,26). The number of benzene rings is 1. The molecule has 2 heterocycles. The molecular formula is C19H25N5O2. The van der Waals surface area contributed by atoms with Gasteiger partial charge in [0.15, 0.2) is 0 Å². The molecule has 0 radical (unpaired) electrons. The molecule has 1 unspecified atom stereocenters. The summed E-state index contributed by atoms with van der Waals surface area (Å²) in [6, 6.07) is 3.62. The SMILES string of the molecule is CCCN1c2cc(C(=O)O)c(N=Nc3ncc[nH]3)cc2C(C)CC1(C)C. The van der Waals surface area contributed by atoms with Gasteiger partial charge in [0.25, 0.3) is 0 Å². The third-order valence-corrected chi connectivity index (χ3v) is 4.92. The Morgan fingerprint density at radius 2 is 2.19 bits per heavy atom. The van der Waals surface area contributed by atoms with Crippen molar-refractivity contribution in [2.24, 2.45) is 10.2 Å². The molecule has 0 spiro atoms. The lowest BCUT2D eigenvalue weighted by molar-refractivity contribution is 0.0697. The molecule has 2 aromatic rings. The van der Waals surface area contributed by atoms with E-state index in [-0.39, 0.29) is 11.1 Å². The van der Waals surface area contributed by atoms with Gasteiger partial charge in [-0.2, -0.15) is 0 Å². The number of anilines is 1. The van der Waals surface area contributed by atoms with E-state index in [1.807, 2.05) is 6.07 Å². The van der Waals surface area contributed by atoms with Crippen molar-refractivity contribution in [3.05, 3.63) is 35.7 Å². The number of imidazole rings is 1. The Labute approximate surface area is 153 Å². The smallest absolute Gasteiger partial charge is 0.338 e. The highest BCUT2D eigenvalue weighted by atomic mass is 16.4. The van der Waals surface area contributed by atoms with E-state index in [1.165, 1.54) is 0 Å². The zero-order valence-electron chi connectivity index (χ0n) is 15.7. The van der Waals surface area contributed by atoms with E-state index in [9.17, 15) is 9.90 Å². The second-order valence-electron chi connectivity index (χ2n) is 7.42. The maximum Gasteiger partial charge on any atom is 0.338 e.